The van der Waals surface area contributed by atoms with E-state index in [4.69, 9.17) is 27.9 Å². The van der Waals surface area contributed by atoms with Crippen LogP contribution in [0.25, 0.3) is 0 Å². The summed E-state index contributed by atoms with van der Waals surface area (Å²) in [6.45, 7) is 0.272. The number of phenols is 1. The lowest BCUT2D eigenvalue weighted by Gasteiger charge is -2.15. The number of hydrogen-bond acceptors (Lipinski definition) is 4. The van der Waals surface area contributed by atoms with Crippen LogP contribution in [0.2, 0.25) is 10.0 Å². The van der Waals surface area contributed by atoms with E-state index in [2.05, 4.69) is 4.72 Å². The highest BCUT2D eigenvalue weighted by molar-refractivity contribution is 7.92. The third-order valence-electron chi connectivity index (χ3n) is 3.65. The highest BCUT2D eigenvalue weighted by Gasteiger charge is 2.23. The van der Waals surface area contributed by atoms with Gasteiger partial charge in [0.1, 0.15) is 17.3 Å². The van der Waals surface area contributed by atoms with Crippen LogP contribution in [0.3, 0.4) is 0 Å². The number of sulfonamides is 1. The van der Waals surface area contributed by atoms with E-state index >= 15 is 0 Å². The Morgan fingerprint density at radius 1 is 0.963 bits per heavy atom. The second kappa shape index (κ2) is 8.08. The second-order valence-electron chi connectivity index (χ2n) is 5.61. The molecule has 3 aromatic rings. The van der Waals surface area contributed by atoms with Gasteiger partial charge in [-0.2, -0.15) is 0 Å². The molecule has 3 rings (SSSR count). The van der Waals surface area contributed by atoms with Gasteiger partial charge in [-0.05, 0) is 29.8 Å². The number of benzene rings is 3. The highest BCUT2D eigenvalue weighted by Crippen LogP contribution is 2.36. The normalized spacial score (nSPS) is 11.2. The molecule has 0 aliphatic rings. The van der Waals surface area contributed by atoms with Crippen LogP contribution in [0.4, 0.5) is 5.69 Å². The number of anilines is 1. The van der Waals surface area contributed by atoms with Gasteiger partial charge in [0, 0.05) is 5.02 Å². The van der Waals surface area contributed by atoms with Gasteiger partial charge < -0.3 is 9.84 Å². The molecule has 0 aliphatic carbocycles. The maximum absolute atomic E-state index is 12.7. The van der Waals surface area contributed by atoms with Crippen LogP contribution in [0.5, 0.6) is 11.5 Å². The summed E-state index contributed by atoms with van der Waals surface area (Å²) in [7, 11) is -4.14. The molecular formula is C19H15Cl2NO4S. The van der Waals surface area contributed by atoms with Crippen molar-refractivity contribution in [2.24, 2.45) is 0 Å². The summed E-state index contributed by atoms with van der Waals surface area (Å²) in [5.74, 6) is -0.228. The minimum absolute atomic E-state index is 0.0896. The van der Waals surface area contributed by atoms with Crippen molar-refractivity contribution in [3.63, 3.8) is 0 Å². The van der Waals surface area contributed by atoms with Crippen LogP contribution in [0, 0.1) is 0 Å². The molecule has 0 saturated heterocycles. The Morgan fingerprint density at radius 2 is 1.63 bits per heavy atom. The lowest BCUT2D eigenvalue weighted by Crippen LogP contribution is -2.14. The summed E-state index contributed by atoms with van der Waals surface area (Å²) >= 11 is 11.7. The van der Waals surface area contributed by atoms with Crippen molar-refractivity contribution in [3.05, 3.63) is 82.3 Å². The molecule has 0 aliphatic heterocycles. The summed E-state index contributed by atoms with van der Waals surface area (Å²) < 4.78 is 33.6. The Kier molecular flexibility index (Phi) is 5.79. The second-order valence-corrected chi connectivity index (χ2v) is 8.10. The van der Waals surface area contributed by atoms with E-state index in [1.807, 2.05) is 30.3 Å². The van der Waals surface area contributed by atoms with E-state index in [0.717, 1.165) is 11.6 Å². The van der Waals surface area contributed by atoms with Gasteiger partial charge in [-0.15, -0.1) is 0 Å². The topological polar surface area (TPSA) is 75.6 Å². The zero-order valence-electron chi connectivity index (χ0n) is 13.9. The van der Waals surface area contributed by atoms with Gasteiger partial charge in [0.2, 0.25) is 0 Å². The van der Waals surface area contributed by atoms with Gasteiger partial charge in [-0.3, -0.25) is 4.72 Å². The van der Waals surface area contributed by atoms with Crippen molar-refractivity contribution in [2.75, 3.05) is 4.72 Å². The Labute approximate surface area is 167 Å². The van der Waals surface area contributed by atoms with E-state index < -0.39 is 20.7 Å². The van der Waals surface area contributed by atoms with Crippen LogP contribution in [0.15, 0.2) is 71.6 Å². The van der Waals surface area contributed by atoms with Gasteiger partial charge in [0.15, 0.2) is 5.75 Å². The maximum atomic E-state index is 12.7. The molecule has 27 heavy (non-hydrogen) atoms. The molecule has 0 aromatic heterocycles. The average molecular weight is 424 g/mol. The van der Waals surface area contributed by atoms with Gasteiger partial charge in [-0.25, -0.2) is 8.42 Å². The molecule has 140 valence electrons. The van der Waals surface area contributed by atoms with E-state index in [-0.39, 0.29) is 22.3 Å². The van der Waals surface area contributed by atoms with Crippen molar-refractivity contribution in [3.8, 4) is 11.5 Å². The fraction of sp³-hybridized carbons (Fsp3) is 0.0526. The van der Waals surface area contributed by atoms with E-state index in [9.17, 15) is 13.5 Å². The first kappa shape index (κ1) is 19.4. The number of para-hydroxylation sites is 2. The monoisotopic (exact) mass is 423 g/mol. The smallest absolute Gasteiger partial charge is 0.265 e. The van der Waals surface area contributed by atoms with E-state index in [1.54, 1.807) is 24.3 Å². The van der Waals surface area contributed by atoms with Crippen LogP contribution in [-0.4, -0.2) is 13.5 Å². The summed E-state index contributed by atoms with van der Waals surface area (Å²) in [6, 6.07) is 18.5. The zero-order chi connectivity index (χ0) is 19.4. The molecule has 2 N–H and O–H groups in total. The fourth-order valence-electron chi connectivity index (χ4n) is 2.36. The van der Waals surface area contributed by atoms with Crippen LogP contribution in [-0.2, 0) is 16.6 Å². The van der Waals surface area contributed by atoms with Crippen molar-refractivity contribution >= 4 is 38.9 Å². The largest absolute Gasteiger partial charge is 0.505 e. The third-order valence-corrected chi connectivity index (χ3v) is 5.54. The molecular weight excluding hydrogens is 409 g/mol. The van der Waals surface area contributed by atoms with Crippen LogP contribution >= 0.6 is 23.2 Å². The average Bonchev–Trinajstić information content (AvgIpc) is 2.64. The highest BCUT2D eigenvalue weighted by atomic mass is 35.5. The van der Waals surface area contributed by atoms with Crippen LogP contribution in [0.1, 0.15) is 5.56 Å². The van der Waals surface area contributed by atoms with Gasteiger partial charge in [0.05, 0.1) is 10.7 Å². The van der Waals surface area contributed by atoms with Crippen molar-refractivity contribution in [2.45, 2.75) is 11.5 Å². The summed E-state index contributed by atoms with van der Waals surface area (Å²) in [5.41, 5.74) is 1.17. The van der Waals surface area contributed by atoms with Gasteiger partial charge in [0.25, 0.3) is 10.0 Å². The number of phenolic OH excluding ortho intramolecular Hbond substituents is 1. The Bertz CT molecular complexity index is 1060. The first-order valence-electron chi connectivity index (χ1n) is 7.83. The molecule has 0 heterocycles. The fourth-order valence-corrected chi connectivity index (χ4v) is 4.19. The van der Waals surface area contributed by atoms with E-state index in [1.165, 1.54) is 6.07 Å². The molecule has 0 spiro atoms. The quantitative estimate of drug-likeness (QED) is 0.579. The predicted octanol–water partition coefficient (Wildman–Crippen LogP) is 5.08. The Hall–Kier alpha value is -2.41. The molecule has 0 bridgehead atoms. The maximum Gasteiger partial charge on any atom is 0.265 e. The first-order chi connectivity index (χ1) is 12.9. The minimum atomic E-state index is -4.14. The Balaban J connectivity index is 1.87. The van der Waals surface area contributed by atoms with Crippen molar-refractivity contribution < 1.29 is 18.3 Å². The molecule has 3 aromatic carbocycles. The number of rotatable bonds is 6. The Morgan fingerprint density at radius 3 is 2.37 bits per heavy atom. The summed E-state index contributed by atoms with van der Waals surface area (Å²) in [6.07, 6.45) is 0. The molecule has 0 amide bonds. The molecule has 0 radical (unpaired) electrons. The zero-order valence-corrected chi connectivity index (χ0v) is 16.2. The van der Waals surface area contributed by atoms with Crippen molar-refractivity contribution in [1.82, 2.24) is 0 Å². The van der Waals surface area contributed by atoms with Crippen molar-refractivity contribution in [1.29, 1.82) is 0 Å². The van der Waals surface area contributed by atoms with E-state index in [0.29, 0.717) is 5.75 Å². The summed E-state index contributed by atoms with van der Waals surface area (Å²) in [5, 5.41) is 9.95. The number of nitrogens with one attached hydrogen (secondary N) is 1. The van der Waals surface area contributed by atoms with Crippen LogP contribution < -0.4 is 9.46 Å². The molecule has 0 fully saturated rings. The minimum Gasteiger partial charge on any atom is -0.505 e. The molecule has 0 unspecified atom stereocenters. The molecule has 0 atom stereocenters. The number of halogens is 2. The standard InChI is InChI=1S/C19H15Cl2NO4S/c20-14-10-15(21)19(23)18(11-14)27(24,25)22-16-8-4-5-9-17(16)26-12-13-6-2-1-3-7-13/h1-11,22-23H,12H2. The third kappa shape index (κ3) is 4.66. The number of ether oxygens (including phenoxy) is 1. The lowest BCUT2D eigenvalue weighted by atomic mass is 10.2. The lowest BCUT2D eigenvalue weighted by molar-refractivity contribution is 0.308. The predicted molar refractivity (Wildman–Crippen MR) is 106 cm³/mol. The van der Waals surface area contributed by atoms with Gasteiger partial charge >= 0.3 is 0 Å². The molecule has 5 nitrogen and oxygen atoms in total. The molecule has 0 saturated carbocycles. The number of hydrogen-bond donors (Lipinski definition) is 2. The van der Waals surface area contributed by atoms with Gasteiger partial charge in [-0.1, -0.05) is 65.7 Å². The molecule has 8 heteroatoms. The number of aromatic hydroxyl groups is 1. The SMILES string of the molecule is O=S(=O)(Nc1ccccc1OCc1ccccc1)c1cc(Cl)cc(Cl)c1O. The first-order valence-corrected chi connectivity index (χ1v) is 10.1. The summed E-state index contributed by atoms with van der Waals surface area (Å²) in [4.78, 5) is -0.419.